The first-order valence-corrected chi connectivity index (χ1v) is 26.0. The summed E-state index contributed by atoms with van der Waals surface area (Å²) in [4.78, 5) is 99.0. The largest absolute Gasteiger partial charge is 0.480 e. The number of aromatic nitrogens is 3. The van der Waals surface area contributed by atoms with Crippen LogP contribution in [-0.2, 0) is 57.6 Å². The monoisotopic (exact) mass is 1270 g/mol. The number of guanidine groups is 2. The van der Waals surface area contributed by atoms with Gasteiger partial charge in [-0.15, -0.1) is 0 Å². The van der Waals surface area contributed by atoms with E-state index < -0.39 is 116 Å². The Bertz CT molecular complexity index is 3290. The third-order valence-corrected chi connectivity index (χ3v) is 10.1. The van der Waals surface area contributed by atoms with E-state index >= 15 is 0 Å². The smallest absolute Gasteiger partial charge is 0.323 e. The number of para-hydroxylation sites is 1. The quantitative estimate of drug-likeness (QED) is 0.00938. The zero-order valence-corrected chi connectivity index (χ0v) is 48.4. The number of aliphatic carboxylic acids is 6. The van der Waals surface area contributed by atoms with E-state index in [0.29, 0.717) is 50.0 Å². The fourth-order valence-electron chi connectivity index (χ4n) is 5.26. The molecule has 9 atom stereocenters. The van der Waals surface area contributed by atoms with Crippen molar-refractivity contribution in [3.05, 3.63) is 90.0 Å². The molecular weight excluding hydrogens is 1150 g/mol. The predicted octanol–water partition coefficient (Wildman–Crippen LogP) is -3.91. The normalized spacial score (nSPS) is 16.1. The van der Waals surface area contributed by atoms with Crippen LogP contribution in [0.15, 0.2) is 83.2 Å². The molecule has 0 fully saturated rings. The van der Waals surface area contributed by atoms with Crippen LogP contribution in [0.5, 0.6) is 0 Å². The molecule has 0 aliphatic heterocycles. The zero-order valence-electron chi connectivity index (χ0n) is 63.4. The van der Waals surface area contributed by atoms with Gasteiger partial charge in [-0.05, 0) is 94.9 Å². The van der Waals surface area contributed by atoms with Gasteiger partial charge in [-0.25, -0.2) is 4.98 Å². The maximum atomic E-state index is 10.7. The van der Waals surface area contributed by atoms with Crippen LogP contribution in [0.25, 0.3) is 10.9 Å². The van der Waals surface area contributed by atoms with Crippen LogP contribution in [0.1, 0.15) is 106 Å². The first kappa shape index (κ1) is 59.8. The lowest BCUT2D eigenvalue weighted by molar-refractivity contribution is -0.141. The first-order chi connectivity index (χ1) is 47.2. The Balaban J connectivity index is -0.000000547. The second-order valence-corrected chi connectivity index (χ2v) is 17.6. The molecule has 2 aromatic carbocycles. The van der Waals surface area contributed by atoms with E-state index in [1.54, 1.807) is 0 Å². The standard InChI is InChI=1S/C11H12N2O2.C9H11NO2.C6H14N4O2.C6H14N4O.C6H9N3O2.C6H14N2O2.C6H14N2O.C4H9NO3/c12-9(11(14)15)5-7-6-13-10-4-2-1-3-8(7)10;10-8(9(11)12)6-7-4-2-1-3-5-7;7-4(5(11)12)2-1-3-10-6(8)9;7-5(4-11)2-1-3-10-6(8)9;7-5(6(10)11)1-4-2-8-3-9-4;7-4-2-1-3-5(8)6(9)10;7-4-2-1-3-6(8)5-9;1-2(6)3(5)4(7)8/h1-4,6,9,13H,5,12H2,(H,14,15);1-5,8H,6,10H2,(H,11,12);4H,1-3,7H2,(H,11,12)(H4,8,9,10);4-5H,1-3,7H2,(H4,8,9,10);2-3,5H,1,7H2,(H,8,9)(H,10,11);5H,1-4,7-8H2,(H,9,10);5-6H,1-4,7-8H2;2-3,6H,5H2,1H3,(H,7,8)/t9-;8-;4-;3*5-;6-;/m0000000./s1/i6D;2D,3D,4D,5D;3D2;4D;3D;4D2;5D;2D/hD2. The summed E-state index contributed by atoms with van der Waals surface area (Å²) < 4.78 is 107. The summed E-state index contributed by atoms with van der Waals surface area (Å²) in [6.45, 7) is -1.67. The van der Waals surface area contributed by atoms with Crippen molar-refractivity contribution in [2.24, 2.45) is 90.2 Å². The van der Waals surface area contributed by atoms with Crippen molar-refractivity contribution in [2.45, 2.75) is 145 Å². The first-order valence-electron chi connectivity index (χ1n) is 33.5. The maximum Gasteiger partial charge on any atom is 0.323 e. The van der Waals surface area contributed by atoms with Crippen molar-refractivity contribution < 1.29 is 94.7 Å². The van der Waals surface area contributed by atoms with Gasteiger partial charge in [-0.1, -0.05) is 61.3 Å². The molecule has 0 saturated heterocycles. The third-order valence-electron chi connectivity index (χ3n) is 10.1. The fraction of sp³-hybridized carbons (Fsp3) is 0.500. The number of hydrogen-bond donors (Lipinski definition) is 23. The van der Waals surface area contributed by atoms with E-state index in [9.17, 15) is 38.4 Å². The second kappa shape index (κ2) is 53.9. The average molecular weight is 1270 g/mol. The molecule has 2 unspecified atom stereocenters. The molecule has 0 radical (unpaired) electrons. The van der Waals surface area contributed by atoms with Gasteiger partial charge in [-0.3, -0.25) is 38.8 Å². The summed E-state index contributed by atoms with van der Waals surface area (Å²) in [5.74, 6) is -7.34. The minimum atomic E-state index is -2.09. The number of rotatable bonds is 33. The number of carboxylic acid groups (broad SMARTS) is 6. The van der Waals surface area contributed by atoms with Crippen molar-refractivity contribution in [1.82, 2.24) is 15.0 Å². The van der Waals surface area contributed by atoms with Crippen molar-refractivity contribution in [1.29, 1.82) is 0 Å². The Morgan fingerprint density at radius 1 is 0.659 bits per heavy atom. The number of H-pyrrole nitrogens is 2. The number of nitrogens with zero attached hydrogens (tertiary/aromatic N) is 3. The fourth-order valence-corrected chi connectivity index (χ4v) is 5.26. The molecule has 4 aromatic rings. The Hall–Kier alpha value is -8.55. The summed E-state index contributed by atoms with van der Waals surface area (Å²) in [6, 6.07) is -0.454. The topological polar surface area (TPSA) is 712 Å². The number of imidazole rings is 1. The lowest BCUT2D eigenvalue weighted by atomic mass is 10.1. The van der Waals surface area contributed by atoms with Gasteiger partial charge in [0.2, 0.25) is 0 Å². The average Bonchev–Trinajstić information content (AvgIpc) is 1.75. The van der Waals surface area contributed by atoms with Gasteiger partial charge in [0.15, 0.2) is 11.9 Å². The van der Waals surface area contributed by atoms with Crippen LogP contribution in [-0.4, -0.2) is 191 Å². The number of unbranched alkanes of at least 4 members (excludes halogenated alkanes) is 1. The second-order valence-electron chi connectivity index (χ2n) is 17.6. The summed E-state index contributed by atoms with van der Waals surface area (Å²) in [6.07, 6.45) is 1.94. The molecule has 498 valence electrons. The van der Waals surface area contributed by atoms with Gasteiger partial charge >= 0.3 is 35.8 Å². The Labute approximate surface area is 531 Å². The highest BCUT2D eigenvalue weighted by Crippen LogP contribution is 2.18. The summed E-state index contributed by atoms with van der Waals surface area (Å²) in [5.41, 5.74) is 67.7. The molecular formula is C54H97N19O15. The number of carboxylic acids is 6. The number of fused-ring (bicyclic) bond motifs is 1. The molecule has 0 saturated carbocycles. The van der Waals surface area contributed by atoms with E-state index in [-0.39, 0.29) is 99.1 Å². The molecule has 0 amide bonds. The summed E-state index contributed by atoms with van der Waals surface area (Å²) >= 11 is 0. The SMILES string of the molecule is [2H]C(C)(O)C(N)C(=O)O.[2H]C([2H])(CC[C@H](N)C(=O)O)N=C(N)N.[2H]C([2H])(N)CCC[C@H](N)C(=O)O.[2H]N[C@@H](CCCCN)C([2H])=O.[2H]N[C@@H](CCCN=C(N)N)C([2H])=O.[2H]c1[nH]c2ccccc2c1C[C@H](N)C(=O)O.[2H]c1cc([2H])c([2H])c(C[C@H](N)C(=O)O)c1[2H].[2H]c1nc(C[C@H](N)C(=O)O)c[nH]1. The van der Waals surface area contributed by atoms with Crippen molar-refractivity contribution >= 4 is 71.2 Å². The van der Waals surface area contributed by atoms with Crippen LogP contribution >= 0.6 is 0 Å². The summed E-state index contributed by atoms with van der Waals surface area (Å²) in [5, 5.41) is 60.2. The Kier molecular flexibility index (Phi) is 36.6. The van der Waals surface area contributed by atoms with Gasteiger partial charge < -0.3 is 136 Å². The van der Waals surface area contributed by atoms with Gasteiger partial charge in [0, 0.05) is 51.9 Å². The Morgan fingerprint density at radius 3 is 1.58 bits per heavy atom. The van der Waals surface area contributed by atoms with E-state index in [2.05, 4.69) is 24.9 Å². The molecule has 34 nitrogen and oxygen atoms in total. The minimum Gasteiger partial charge on any atom is -0.480 e. The number of aldehydes is 2. The predicted molar refractivity (Wildman–Crippen MR) is 333 cm³/mol. The molecule has 0 bridgehead atoms. The van der Waals surface area contributed by atoms with Gasteiger partial charge in [0.1, 0.15) is 55.7 Å². The number of hydrogen-bond acceptors (Lipinski definition) is 22. The lowest BCUT2D eigenvalue weighted by Gasteiger charge is -2.06. The van der Waals surface area contributed by atoms with E-state index in [1.165, 1.54) is 6.20 Å². The van der Waals surface area contributed by atoms with E-state index in [1.807, 2.05) is 35.7 Å². The van der Waals surface area contributed by atoms with Gasteiger partial charge in [0.05, 0.1) is 41.1 Å². The molecule has 0 spiro atoms. The van der Waals surface area contributed by atoms with E-state index in [4.69, 9.17) is 125 Å². The number of aliphatic hydroxyl groups is 1. The highest BCUT2D eigenvalue weighted by Gasteiger charge is 2.17. The van der Waals surface area contributed by atoms with Crippen molar-refractivity contribution in [3.8, 4) is 0 Å². The maximum absolute atomic E-state index is 10.7. The zero-order chi connectivity index (χ0) is 81.0. The van der Waals surface area contributed by atoms with Gasteiger partial charge in [0.25, 0.3) is 0 Å². The van der Waals surface area contributed by atoms with Crippen LogP contribution in [0, 0.1) is 0 Å². The van der Waals surface area contributed by atoms with Crippen LogP contribution < -0.4 is 80.3 Å². The number of carbonyl (C=O) groups is 8. The molecule has 0 aliphatic rings. The molecule has 2 aromatic heterocycles. The third kappa shape index (κ3) is 50.7. The van der Waals surface area contributed by atoms with Gasteiger partial charge in [-0.2, -0.15) is 0 Å². The van der Waals surface area contributed by atoms with Crippen LogP contribution in [0.3, 0.4) is 0 Å². The number of aromatic amines is 2. The number of nitrogens with one attached hydrogen (secondary N) is 2. The highest BCUT2D eigenvalue weighted by molar-refractivity contribution is 5.84. The number of nitrogens with two attached hydrogens (primary N) is 14. The van der Waals surface area contributed by atoms with Crippen LogP contribution in [0.4, 0.5) is 0 Å². The molecule has 4 rings (SSSR count). The molecule has 34 heteroatoms. The lowest BCUT2D eigenvalue weighted by Crippen LogP contribution is -2.39. The van der Waals surface area contributed by atoms with Crippen LogP contribution in [0.2, 0.25) is 2.82 Å². The van der Waals surface area contributed by atoms with Crippen molar-refractivity contribution in [2.75, 3.05) is 26.1 Å². The van der Waals surface area contributed by atoms with Crippen molar-refractivity contribution in [3.63, 3.8) is 0 Å². The highest BCUT2D eigenvalue weighted by atomic mass is 16.4. The molecule has 37 N–H and O–H groups in total. The van der Waals surface area contributed by atoms with E-state index in [0.717, 1.165) is 36.7 Å². The number of benzene rings is 2. The number of carbonyl (C=O) groups excluding carboxylic acids is 2. The molecule has 2 heterocycles. The number of aliphatic imine (C=N–C) groups is 2. The minimum absolute atomic E-state index is 0.00702. The molecule has 88 heavy (non-hydrogen) atoms. The molecule has 0 aliphatic carbocycles. The summed E-state index contributed by atoms with van der Waals surface area (Å²) in [7, 11) is 0. The Morgan fingerprint density at radius 2 is 1.15 bits per heavy atom.